The maximum absolute atomic E-state index is 12.0. The first-order chi connectivity index (χ1) is 13.0. The van der Waals surface area contributed by atoms with Crippen LogP contribution in [-0.4, -0.2) is 43.0 Å². The lowest BCUT2D eigenvalue weighted by Gasteiger charge is -2.15. The van der Waals surface area contributed by atoms with Crippen LogP contribution in [-0.2, 0) is 14.3 Å². The predicted octanol–water partition coefficient (Wildman–Crippen LogP) is 1.74. The standard InChI is InChI=1S/C19H23N3O5/c23-16(21-19(26)20-14-4-1-2-5-14)12-27-18(25)13-7-9-15(10-8-13)22-11-3-6-17(22)24/h7-10,14H,1-6,11-12H2,(H2,20,21,23,26). The second-order valence-corrected chi connectivity index (χ2v) is 6.77. The highest BCUT2D eigenvalue weighted by molar-refractivity contribution is 5.98. The molecule has 1 saturated heterocycles. The van der Waals surface area contributed by atoms with Crippen LogP contribution in [0.25, 0.3) is 0 Å². The molecule has 1 aliphatic carbocycles. The van der Waals surface area contributed by atoms with E-state index < -0.39 is 24.5 Å². The van der Waals surface area contributed by atoms with E-state index >= 15 is 0 Å². The normalized spacial score (nSPS) is 17.0. The number of urea groups is 1. The van der Waals surface area contributed by atoms with Crippen molar-refractivity contribution in [3.8, 4) is 0 Å². The number of rotatable bonds is 5. The summed E-state index contributed by atoms with van der Waals surface area (Å²) in [5, 5.41) is 4.88. The van der Waals surface area contributed by atoms with Gasteiger partial charge in [0.15, 0.2) is 6.61 Å². The van der Waals surface area contributed by atoms with Gasteiger partial charge < -0.3 is 15.0 Å². The lowest BCUT2D eigenvalue weighted by atomic mass is 10.2. The fourth-order valence-electron chi connectivity index (χ4n) is 3.37. The van der Waals surface area contributed by atoms with Gasteiger partial charge in [0, 0.05) is 24.7 Å². The van der Waals surface area contributed by atoms with Crippen molar-refractivity contribution in [3.05, 3.63) is 29.8 Å². The van der Waals surface area contributed by atoms with Crippen molar-refractivity contribution < 1.29 is 23.9 Å². The van der Waals surface area contributed by atoms with Crippen LogP contribution in [0.3, 0.4) is 0 Å². The Morgan fingerprint density at radius 1 is 1.07 bits per heavy atom. The van der Waals surface area contributed by atoms with Gasteiger partial charge in [-0.25, -0.2) is 9.59 Å². The van der Waals surface area contributed by atoms with E-state index in [0.717, 1.165) is 37.8 Å². The van der Waals surface area contributed by atoms with Gasteiger partial charge in [-0.2, -0.15) is 0 Å². The summed E-state index contributed by atoms with van der Waals surface area (Å²) in [7, 11) is 0. The maximum atomic E-state index is 12.0. The number of hydrogen-bond acceptors (Lipinski definition) is 5. The second kappa shape index (κ2) is 8.66. The third-order valence-corrected chi connectivity index (χ3v) is 4.77. The van der Waals surface area contributed by atoms with E-state index in [2.05, 4.69) is 10.6 Å². The fourth-order valence-corrected chi connectivity index (χ4v) is 3.37. The molecule has 1 aliphatic heterocycles. The number of carbonyl (C=O) groups is 4. The minimum Gasteiger partial charge on any atom is -0.452 e. The van der Waals surface area contributed by atoms with E-state index in [1.807, 2.05) is 0 Å². The van der Waals surface area contributed by atoms with E-state index in [4.69, 9.17) is 4.74 Å². The highest BCUT2D eigenvalue weighted by Crippen LogP contribution is 2.21. The summed E-state index contributed by atoms with van der Waals surface area (Å²) in [5.41, 5.74) is 1.00. The van der Waals surface area contributed by atoms with Crippen molar-refractivity contribution in [1.29, 1.82) is 0 Å². The zero-order valence-electron chi connectivity index (χ0n) is 15.0. The van der Waals surface area contributed by atoms with Gasteiger partial charge in [-0.05, 0) is 43.5 Å². The Hall–Kier alpha value is -2.90. The number of nitrogens with one attached hydrogen (secondary N) is 2. The van der Waals surface area contributed by atoms with Gasteiger partial charge in [0.05, 0.1) is 5.56 Å². The molecule has 2 N–H and O–H groups in total. The molecular formula is C19H23N3O5. The molecule has 8 nitrogen and oxygen atoms in total. The van der Waals surface area contributed by atoms with Crippen molar-refractivity contribution in [1.82, 2.24) is 10.6 Å². The van der Waals surface area contributed by atoms with Gasteiger partial charge in [0.2, 0.25) is 5.91 Å². The molecule has 2 fully saturated rings. The molecule has 144 valence electrons. The summed E-state index contributed by atoms with van der Waals surface area (Å²) in [6, 6.07) is 5.98. The quantitative estimate of drug-likeness (QED) is 0.765. The van der Waals surface area contributed by atoms with Crippen LogP contribution >= 0.6 is 0 Å². The molecule has 0 atom stereocenters. The zero-order chi connectivity index (χ0) is 19.2. The Balaban J connectivity index is 1.43. The van der Waals surface area contributed by atoms with E-state index in [1.54, 1.807) is 29.2 Å². The Morgan fingerprint density at radius 2 is 1.78 bits per heavy atom. The van der Waals surface area contributed by atoms with Crippen molar-refractivity contribution >= 4 is 29.5 Å². The molecule has 1 heterocycles. The van der Waals surface area contributed by atoms with Crippen LogP contribution in [0, 0.1) is 0 Å². The number of ether oxygens (including phenoxy) is 1. The lowest BCUT2D eigenvalue weighted by Crippen LogP contribution is -2.44. The molecule has 2 aliphatic rings. The first kappa shape index (κ1) is 18.9. The third kappa shape index (κ3) is 5.06. The molecule has 3 rings (SSSR count). The van der Waals surface area contributed by atoms with E-state index in [1.165, 1.54) is 0 Å². The summed E-state index contributed by atoms with van der Waals surface area (Å²) in [5.74, 6) is -1.28. The van der Waals surface area contributed by atoms with Gasteiger partial charge in [-0.1, -0.05) is 12.8 Å². The smallest absolute Gasteiger partial charge is 0.338 e. The topological polar surface area (TPSA) is 105 Å². The number of anilines is 1. The molecule has 4 amide bonds. The van der Waals surface area contributed by atoms with Gasteiger partial charge >= 0.3 is 12.0 Å². The summed E-state index contributed by atoms with van der Waals surface area (Å²) >= 11 is 0. The van der Waals surface area contributed by atoms with Crippen LogP contribution in [0.1, 0.15) is 48.9 Å². The molecule has 0 radical (unpaired) electrons. The van der Waals surface area contributed by atoms with Gasteiger partial charge in [-0.15, -0.1) is 0 Å². The highest BCUT2D eigenvalue weighted by Gasteiger charge is 2.22. The monoisotopic (exact) mass is 373 g/mol. The van der Waals surface area contributed by atoms with E-state index in [0.29, 0.717) is 13.0 Å². The molecule has 0 spiro atoms. The largest absolute Gasteiger partial charge is 0.452 e. The van der Waals surface area contributed by atoms with Gasteiger partial charge in [-0.3, -0.25) is 14.9 Å². The molecule has 8 heteroatoms. The van der Waals surface area contributed by atoms with Gasteiger partial charge in [0.1, 0.15) is 0 Å². The summed E-state index contributed by atoms with van der Waals surface area (Å²) < 4.78 is 4.94. The zero-order valence-corrected chi connectivity index (χ0v) is 15.0. The summed E-state index contributed by atoms with van der Waals surface area (Å²) in [4.78, 5) is 48.9. The molecule has 1 aromatic rings. The number of imide groups is 1. The first-order valence-electron chi connectivity index (χ1n) is 9.21. The molecule has 1 saturated carbocycles. The van der Waals surface area contributed by atoms with Crippen molar-refractivity contribution in [2.24, 2.45) is 0 Å². The Kier molecular flexibility index (Phi) is 6.05. The molecule has 0 aromatic heterocycles. The SMILES string of the molecule is O=C(COC(=O)c1ccc(N2CCCC2=O)cc1)NC(=O)NC1CCCC1. The second-order valence-electron chi connectivity index (χ2n) is 6.77. The number of nitrogens with zero attached hydrogens (tertiary/aromatic N) is 1. The maximum Gasteiger partial charge on any atom is 0.338 e. The molecule has 27 heavy (non-hydrogen) atoms. The van der Waals surface area contributed by atoms with Crippen LogP contribution in [0.15, 0.2) is 24.3 Å². The van der Waals surface area contributed by atoms with Crippen LogP contribution in [0.5, 0.6) is 0 Å². The Labute approximate surface area is 157 Å². The fraction of sp³-hybridized carbons (Fsp3) is 0.474. The van der Waals surface area contributed by atoms with Crippen LogP contribution in [0.4, 0.5) is 10.5 Å². The van der Waals surface area contributed by atoms with Crippen LogP contribution < -0.4 is 15.5 Å². The van der Waals surface area contributed by atoms with Crippen molar-refractivity contribution in [2.75, 3.05) is 18.1 Å². The predicted molar refractivity (Wildman–Crippen MR) is 97.2 cm³/mol. The number of benzene rings is 1. The molecule has 0 unspecified atom stereocenters. The Bertz CT molecular complexity index is 725. The summed E-state index contributed by atoms with van der Waals surface area (Å²) in [6.07, 6.45) is 5.33. The van der Waals surface area contributed by atoms with E-state index in [9.17, 15) is 19.2 Å². The van der Waals surface area contributed by atoms with Crippen molar-refractivity contribution in [3.63, 3.8) is 0 Å². The molecule has 0 bridgehead atoms. The number of esters is 1. The number of amides is 4. The lowest BCUT2D eigenvalue weighted by molar-refractivity contribution is -0.123. The average molecular weight is 373 g/mol. The summed E-state index contributed by atoms with van der Waals surface area (Å²) in [6.45, 7) is 0.134. The minimum absolute atomic E-state index is 0.0675. The van der Waals surface area contributed by atoms with Crippen LogP contribution in [0.2, 0.25) is 0 Å². The number of carbonyl (C=O) groups excluding carboxylic acids is 4. The third-order valence-electron chi connectivity index (χ3n) is 4.77. The Morgan fingerprint density at radius 3 is 2.41 bits per heavy atom. The molecule has 1 aromatic carbocycles. The first-order valence-corrected chi connectivity index (χ1v) is 9.21. The minimum atomic E-state index is -0.682. The molecular weight excluding hydrogens is 350 g/mol. The average Bonchev–Trinajstić information content (AvgIpc) is 3.31. The van der Waals surface area contributed by atoms with E-state index in [-0.39, 0.29) is 17.5 Å². The van der Waals surface area contributed by atoms with Gasteiger partial charge in [0.25, 0.3) is 5.91 Å². The van der Waals surface area contributed by atoms with Crippen molar-refractivity contribution in [2.45, 2.75) is 44.6 Å². The number of hydrogen-bond donors (Lipinski definition) is 2. The highest BCUT2D eigenvalue weighted by atomic mass is 16.5.